The molecular formula is C32H43ClF3N7O4S. The minimum atomic E-state index is -4.21. The smallest absolute Gasteiger partial charge is 0.410 e. The fourth-order valence-electron chi connectivity index (χ4n) is 6.00. The van der Waals surface area contributed by atoms with E-state index in [0.29, 0.717) is 24.8 Å². The SMILES string of the molecule is CC(C)(C)OC(=O)N1CC(CCCn2cc(SNC(=O)c3ccc(N4C=CC(OCCC5(C(F)(F)F)CC5)N4)nc3Cl)cn2)CC1(C)C. The van der Waals surface area contributed by atoms with Gasteiger partial charge in [-0.3, -0.25) is 19.2 Å². The number of hydrogen-bond acceptors (Lipinski definition) is 9. The molecule has 4 heterocycles. The topological polar surface area (TPSA) is 114 Å². The zero-order chi connectivity index (χ0) is 34.9. The lowest BCUT2D eigenvalue weighted by atomic mass is 9.93. The van der Waals surface area contributed by atoms with E-state index < -0.39 is 29.3 Å². The summed E-state index contributed by atoms with van der Waals surface area (Å²) in [6, 6.07) is 3.15. The van der Waals surface area contributed by atoms with E-state index in [1.54, 1.807) is 30.6 Å². The largest absolute Gasteiger partial charge is 0.444 e. The summed E-state index contributed by atoms with van der Waals surface area (Å²) >= 11 is 7.46. The predicted molar refractivity (Wildman–Crippen MR) is 176 cm³/mol. The van der Waals surface area contributed by atoms with Crippen LogP contribution in [0.25, 0.3) is 0 Å². The van der Waals surface area contributed by atoms with Crippen LogP contribution in [0.4, 0.5) is 23.8 Å². The highest BCUT2D eigenvalue weighted by atomic mass is 35.5. The number of amides is 2. The minimum absolute atomic E-state index is 0.0120. The first-order valence-electron chi connectivity index (χ1n) is 16.0. The molecule has 1 aliphatic carbocycles. The van der Waals surface area contributed by atoms with Gasteiger partial charge in [0, 0.05) is 37.6 Å². The third-order valence-electron chi connectivity index (χ3n) is 8.78. The molecule has 2 fully saturated rings. The van der Waals surface area contributed by atoms with E-state index in [0.717, 1.165) is 36.1 Å². The number of aryl methyl sites for hydroxylation is 1. The van der Waals surface area contributed by atoms with Crippen molar-refractivity contribution in [2.45, 2.75) is 108 Å². The van der Waals surface area contributed by atoms with E-state index >= 15 is 0 Å². The molecule has 0 spiro atoms. The van der Waals surface area contributed by atoms with Crippen LogP contribution in [-0.2, 0) is 16.0 Å². The molecule has 11 nitrogen and oxygen atoms in total. The molecular weight excluding hydrogens is 671 g/mol. The summed E-state index contributed by atoms with van der Waals surface area (Å²) in [4.78, 5) is 32.5. The van der Waals surface area contributed by atoms with Crippen molar-refractivity contribution in [1.29, 1.82) is 0 Å². The van der Waals surface area contributed by atoms with Crippen LogP contribution in [0, 0.1) is 11.3 Å². The van der Waals surface area contributed by atoms with Gasteiger partial charge in [-0.15, -0.1) is 0 Å². The van der Waals surface area contributed by atoms with Crippen molar-refractivity contribution in [2.75, 3.05) is 18.2 Å². The number of nitrogens with one attached hydrogen (secondary N) is 2. The second kappa shape index (κ2) is 14.1. The number of aromatic nitrogens is 3. The maximum absolute atomic E-state index is 13.1. The number of alkyl halides is 3. The summed E-state index contributed by atoms with van der Waals surface area (Å²) in [6.45, 7) is 11.1. The second-order valence-electron chi connectivity index (χ2n) is 14.3. The van der Waals surface area contributed by atoms with Crippen LogP contribution >= 0.6 is 23.5 Å². The van der Waals surface area contributed by atoms with Crippen molar-refractivity contribution in [3.8, 4) is 0 Å². The van der Waals surface area contributed by atoms with Crippen LogP contribution in [-0.4, -0.2) is 68.4 Å². The van der Waals surface area contributed by atoms with E-state index in [9.17, 15) is 22.8 Å². The predicted octanol–water partition coefficient (Wildman–Crippen LogP) is 7.10. The molecule has 3 aliphatic rings. The van der Waals surface area contributed by atoms with Gasteiger partial charge in [0.05, 0.1) is 22.1 Å². The molecule has 2 aromatic heterocycles. The summed E-state index contributed by atoms with van der Waals surface area (Å²) in [5.41, 5.74) is 0.763. The molecule has 2 N–H and O–H groups in total. The van der Waals surface area contributed by atoms with Crippen molar-refractivity contribution in [3.63, 3.8) is 0 Å². The molecule has 2 unspecified atom stereocenters. The van der Waals surface area contributed by atoms with Crippen LogP contribution < -0.4 is 15.2 Å². The maximum Gasteiger partial charge on any atom is 0.410 e. The fraction of sp³-hybridized carbons (Fsp3) is 0.625. The van der Waals surface area contributed by atoms with Gasteiger partial charge >= 0.3 is 12.3 Å². The molecule has 0 bridgehead atoms. The fourth-order valence-corrected chi connectivity index (χ4v) is 6.83. The number of hydrazine groups is 1. The van der Waals surface area contributed by atoms with Gasteiger partial charge in [0.2, 0.25) is 0 Å². The van der Waals surface area contributed by atoms with Crippen molar-refractivity contribution >= 4 is 41.4 Å². The number of halogens is 4. The molecule has 2 aromatic rings. The monoisotopic (exact) mass is 713 g/mol. The van der Waals surface area contributed by atoms with Gasteiger partial charge < -0.3 is 14.4 Å². The third kappa shape index (κ3) is 8.96. The number of anilines is 1. The Hall–Kier alpha value is -3.01. The van der Waals surface area contributed by atoms with Crippen LogP contribution in [0.2, 0.25) is 5.15 Å². The number of hydrogen-bond donors (Lipinski definition) is 2. The number of carbonyl (C=O) groups excluding carboxylic acids is 2. The maximum atomic E-state index is 13.1. The Morgan fingerprint density at radius 1 is 1.21 bits per heavy atom. The summed E-state index contributed by atoms with van der Waals surface area (Å²) < 4.78 is 55.2. The summed E-state index contributed by atoms with van der Waals surface area (Å²) in [5.74, 6) is 0.333. The first kappa shape index (κ1) is 36.3. The average molecular weight is 714 g/mol. The van der Waals surface area contributed by atoms with Gasteiger partial charge in [-0.25, -0.2) is 9.78 Å². The van der Waals surface area contributed by atoms with Gasteiger partial charge in [0.15, 0.2) is 0 Å². The molecule has 2 atom stereocenters. The quantitative estimate of drug-likeness (QED) is 0.176. The Bertz CT molecular complexity index is 1510. The minimum Gasteiger partial charge on any atom is -0.444 e. The molecule has 2 aliphatic heterocycles. The van der Waals surface area contributed by atoms with Gasteiger partial charge in [-0.1, -0.05) is 11.6 Å². The van der Waals surface area contributed by atoms with Gasteiger partial charge in [0.25, 0.3) is 5.91 Å². The highest BCUT2D eigenvalue weighted by Gasteiger charge is 2.62. The van der Waals surface area contributed by atoms with E-state index in [1.165, 1.54) is 5.01 Å². The van der Waals surface area contributed by atoms with Gasteiger partial charge in [-0.05, 0) is 109 Å². The Morgan fingerprint density at radius 2 is 1.96 bits per heavy atom. The Labute approximate surface area is 288 Å². The lowest BCUT2D eigenvalue weighted by molar-refractivity contribution is -0.192. The number of ether oxygens (including phenoxy) is 2. The van der Waals surface area contributed by atoms with Gasteiger partial charge in [0.1, 0.15) is 22.8 Å². The number of rotatable bonds is 12. The van der Waals surface area contributed by atoms with Crippen molar-refractivity contribution in [3.05, 3.63) is 47.5 Å². The van der Waals surface area contributed by atoms with E-state index in [1.807, 2.05) is 36.5 Å². The van der Waals surface area contributed by atoms with Crippen LogP contribution in [0.1, 0.15) is 83.5 Å². The highest BCUT2D eigenvalue weighted by Crippen LogP contribution is 2.59. The zero-order valence-electron chi connectivity index (χ0n) is 27.8. The molecule has 1 saturated carbocycles. The number of pyridine rings is 1. The summed E-state index contributed by atoms with van der Waals surface area (Å²) in [6.07, 6.45) is 4.70. The van der Waals surface area contributed by atoms with E-state index in [4.69, 9.17) is 21.1 Å². The molecule has 16 heteroatoms. The Balaban J connectivity index is 1.03. The molecule has 0 radical (unpaired) electrons. The zero-order valence-corrected chi connectivity index (χ0v) is 29.3. The number of likely N-dealkylation sites (tertiary alicyclic amines) is 1. The molecule has 1 saturated heterocycles. The number of carbonyl (C=O) groups is 2. The van der Waals surface area contributed by atoms with Gasteiger partial charge in [-0.2, -0.15) is 23.7 Å². The first-order valence-corrected chi connectivity index (χ1v) is 17.2. The summed E-state index contributed by atoms with van der Waals surface area (Å²) in [5, 5.41) is 5.93. The number of nitrogens with zero attached hydrogens (tertiary/aromatic N) is 5. The highest BCUT2D eigenvalue weighted by molar-refractivity contribution is 7.98. The van der Waals surface area contributed by atoms with Crippen LogP contribution in [0.5, 0.6) is 0 Å². The Kier molecular flexibility index (Phi) is 10.6. The normalized spacial score (nSPS) is 21.5. The molecule has 0 aromatic carbocycles. The van der Waals surface area contributed by atoms with Crippen molar-refractivity contribution < 1.29 is 32.2 Å². The average Bonchev–Trinajstić information content (AvgIpc) is 3.28. The van der Waals surface area contributed by atoms with Crippen molar-refractivity contribution in [2.24, 2.45) is 11.3 Å². The van der Waals surface area contributed by atoms with Crippen molar-refractivity contribution in [1.82, 2.24) is 29.8 Å². The molecule has 2 amide bonds. The summed E-state index contributed by atoms with van der Waals surface area (Å²) in [7, 11) is 0. The standard InChI is InChI=1S/C32H43ClF3N7O4S/c1-29(2,3)47-28(45)42-19-21(17-30(42,4)5)7-6-14-41-20-22(18-37-41)48-40-27(44)23-8-9-24(38-26(23)33)43-15-10-25(39-43)46-16-13-31(11-12-31)32(34,35)36/h8-10,15,18,20-21,25,39H,6-7,11-14,16-17,19H2,1-5H3,(H,40,44). The molecule has 5 rings (SSSR count). The Morgan fingerprint density at radius 3 is 2.62 bits per heavy atom. The van der Waals surface area contributed by atoms with Crippen LogP contribution in [0.15, 0.2) is 41.7 Å². The first-order chi connectivity index (χ1) is 22.4. The van der Waals surface area contributed by atoms with E-state index in [2.05, 4.69) is 34.1 Å². The lowest BCUT2D eigenvalue weighted by Gasteiger charge is -2.33. The molecule has 264 valence electrons. The molecule has 48 heavy (non-hydrogen) atoms. The van der Waals surface area contributed by atoms with Crippen LogP contribution in [0.3, 0.4) is 0 Å². The second-order valence-corrected chi connectivity index (χ2v) is 15.5. The third-order valence-corrected chi connectivity index (χ3v) is 9.80. The lowest BCUT2D eigenvalue weighted by Crippen LogP contribution is -2.45. The van der Waals surface area contributed by atoms with E-state index in [-0.39, 0.29) is 48.2 Å².